The Morgan fingerprint density at radius 1 is 1.58 bits per heavy atom. The molecule has 0 radical (unpaired) electrons. The van der Waals surface area contributed by atoms with Crippen LogP contribution in [0.25, 0.3) is 0 Å². The van der Waals surface area contributed by atoms with Gasteiger partial charge in [0.25, 0.3) is 0 Å². The summed E-state index contributed by atoms with van der Waals surface area (Å²) in [5.74, 6) is 0.994. The number of aryl methyl sites for hydroxylation is 2. The van der Waals surface area contributed by atoms with Crippen molar-refractivity contribution in [1.29, 1.82) is 0 Å². The van der Waals surface area contributed by atoms with Gasteiger partial charge in [0.15, 0.2) is 0 Å². The van der Waals surface area contributed by atoms with Gasteiger partial charge >= 0.3 is 0 Å². The lowest BCUT2D eigenvalue weighted by Crippen LogP contribution is -2.32. The van der Waals surface area contributed by atoms with Crippen molar-refractivity contribution in [2.75, 3.05) is 0 Å². The summed E-state index contributed by atoms with van der Waals surface area (Å²) in [5.41, 5.74) is 5.73. The molecule has 0 saturated heterocycles. The molecule has 0 amide bonds. The molecule has 68 valence electrons. The standard InChI is InChI=1S/C8H16N4/c1-8(2,9)5-4-7-11-10-6-12(7)3/h6H,4-5,9H2,1-3H3. The molecular weight excluding hydrogens is 152 g/mol. The zero-order valence-electron chi connectivity index (χ0n) is 7.91. The van der Waals surface area contributed by atoms with Crippen molar-refractivity contribution < 1.29 is 0 Å². The molecule has 4 nitrogen and oxygen atoms in total. The van der Waals surface area contributed by atoms with Gasteiger partial charge < -0.3 is 10.3 Å². The Hall–Kier alpha value is -0.900. The highest BCUT2D eigenvalue weighted by molar-refractivity contribution is 4.87. The van der Waals surface area contributed by atoms with Crippen molar-refractivity contribution in [2.45, 2.75) is 32.2 Å². The van der Waals surface area contributed by atoms with Gasteiger partial charge in [-0.1, -0.05) is 0 Å². The second kappa shape index (κ2) is 3.23. The van der Waals surface area contributed by atoms with E-state index in [0.29, 0.717) is 0 Å². The average molecular weight is 168 g/mol. The van der Waals surface area contributed by atoms with E-state index in [1.165, 1.54) is 0 Å². The van der Waals surface area contributed by atoms with E-state index >= 15 is 0 Å². The van der Waals surface area contributed by atoms with Crippen LogP contribution in [0.4, 0.5) is 0 Å². The Labute approximate surface area is 72.8 Å². The lowest BCUT2D eigenvalue weighted by atomic mass is 10.00. The Bertz CT molecular complexity index is 246. The molecule has 4 heteroatoms. The molecule has 1 heterocycles. The fraction of sp³-hybridized carbons (Fsp3) is 0.750. The number of hydrogen-bond donors (Lipinski definition) is 1. The topological polar surface area (TPSA) is 56.7 Å². The predicted molar refractivity (Wildman–Crippen MR) is 47.6 cm³/mol. The lowest BCUT2D eigenvalue weighted by molar-refractivity contribution is 0.467. The van der Waals surface area contributed by atoms with Gasteiger partial charge in [-0.3, -0.25) is 0 Å². The third kappa shape index (κ3) is 2.62. The molecule has 0 atom stereocenters. The maximum Gasteiger partial charge on any atom is 0.132 e. The number of nitrogens with zero attached hydrogens (tertiary/aromatic N) is 3. The van der Waals surface area contributed by atoms with Crippen molar-refractivity contribution in [3.63, 3.8) is 0 Å². The second-order valence-electron chi connectivity index (χ2n) is 3.85. The molecule has 1 aromatic rings. The van der Waals surface area contributed by atoms with Crippen LogP contribution in [-0.2, 0) is 13.5 Å². The predicted octanol–water partition coefficient (Wildman–Crippen LogP) is 0.485. The van der Waals surface area contributed by atoms with Crippen molar-refractivity contribution >= 4 is 0 Å². The molecule has 0 aliphatic heterocycles. The average Bonchev–Trinajstić information content (AvgIpc) is 2.29. The fourth-order valence-electron chi connectivity index (χ4n) is 0.967. The van der Waals surface area contributed by atoms with E-state index in [9.17, 15) is 0 Å². The van der Waals surface area contributed by atoms with E-state index in [0.717, 1.165) is 18.7 Å². The molecule has 0 aromatic carbocycles. The highest BCUT2D eigenvalue weighted by atomic mass is 15.2. The Morgan fingerprint density at radius 2 is 2.25 bits per heavy atom. The Balaban J connectivity index is 2.49. The van der Waals surface area contributed by atoms with Crippen LogP contribution in [0.5, 0.6) is 0 Å². The Kier molecular flexibility index (Phi) is 2.47. The van der Waals surface area contributed by atoms with E-state index in [4.69, 9.17) is 5.73 Å². The third-order valence-electron chi connectivity index (χ3n) is 1.80. The molecule has 1 aromatic heterocycles. The summed E-state index contributed by atoms with van der Waals surface area (Å²) in [4.78, 5) is 0. The maximum atomic E-state index is 5.84. The van der Waals surface area contributed by atoms with Gasteiger partial charge in [0, 0.05) is 19.0 Å². The van der Waals surface area contributed by atoms with Crippen molar-refractivity contribution in [2.24, 2.45) is 12.8 Å². The molecule has 2 N–H and O–H groups in total. The number of hydrogen-bond acceptors (Lipinski definition) is 3. The van der Waals surface area contributed by atoms with E-state index in [-0.39, 0.29) is 5.54 Å². The SMILES string of the molecule is Cn1cnnc1CCC(C)(C)N. The van der Waals surface area contributed by atoms with Crippen LogP contribution in [0.15, 0.2) is 6.33 Å². The molecule has 0 aliphatic rings. The van der Waals surface area contributed by atoms with Crippen LogP contribution in [0.2, 0.25) is 0 Å². The summed E-state index contributed by atoms with van der Waals surface area (Å²) in [7, 11) is 1.94. The first-order chi connectivity index (χ1) is 5.49. The van der Waals surface area contributed by atoms with Crippen LogP contribution in [0, 0.1) is 0 Å². The molecule has 1 rings (SSSR count). The van der Waals surface area contributed by atoms with Gasteiger partial charge in [0.05, 0.1) is 0 Å². The van der Waals surface area contributed by atoms with Crippen molar-refractivity contribution in [3.8, 4) is 0 Å². The maximum absolute atomic E-state index is 5.84. The summed E-state index contributed by atoms with van der Waals surface area (Å²) in [6.07, 6.45) is 3.53. The summed E-state index contributed by atoms with van der Waals surface area (Å²) in [6, 6.07) is 0. The summed E-state index contributed by atoms with van der Waals surface area (Å²) in [6.45, 7) is 4.03. The smallest absolute Gasteiger partial charge is 0.132 e. The van der Waals surface area contributed by atoms with Crippen LogP contribution in [-0.4, -0.2) is 20.3 Å². The molecule has 0 fully saturated rings. The van der Waals surface area contributed by atoms with Crippen LogP contribution < -0.4 is 5.73 Å². The normalized spacial score (nSPS) is 12.0. The van der Waals surface area contributed by atoms with Gasteiger partial charge in [-0.2, -0.15) is 0 Å². The number of rotatable bonds is 3. The quantitative estimate of drug-likeness (QED) is 0.714. The van der Waals surface area contributed by atoms with Crippen molar-refractivity contribution in [1.82, 2.24) is 14.8 Å². The second-order valence-corrected chi connectivity index (χ2v) is 3.85. The molecule has 0 bridgehead atoms. The van der Waals surface area contributed by atoms with E-state index in [1.54, 1.807) is 6.33 Å². The Morgan fingerprint density at radius 3 is 2.67 bits per heavy atom. The van der Waals surface area contributed by atoms with E-state index in [2.05, 4.69) is 10.2 Å². The van der Waals surface area contributed by atoms with Crippen molar-refractivity contribution in [3.05, 3.63) is 12.2 Å². The molecule has 0 spiro atoms. The van der Waals surface area contributed by atoms with Crippen LogP contribution >= 0.6 is 0 Å². The highest BCUT2D eigenvalue weighted by Crippen LogP contribution is 2.07. The van der Waals surface area contributed by atoms with Crippen LogP contribution in [0.1, 0.15) is 26.1 Å². The third-order valence-corrected chi connectivity index (χ3v) is 1.80. The first kappa shape index (κ1) is 9.19. The largest absolute Gasteiger partial charge is 0.326 e. The summed E-state index contributed by atoms with van der Waals surface area (Å²) in [5, 5.41) is 7.77. The van der Waals surface area contributed by atoms with Gasteiger partial charge in [-0.15, -0.1) is 10.2 Å². The molecule has 12 heavy (non-hydrogen) atoms. The minimum atomic E-state index is -0.119. The first-order valence-electron chi connectivity index (χ1n) is 4.11. The zero-order chi connectivity index (χ0) is 9.19. The van der Waals surface area contributed by atoms with Gasteiger partial charge in [-0.25, -0.2) is 0 Å². The monoisotopic (exact) mass is 168 g/mol. The zero-order valence-corrected chi connectivity index (χ0v) is 7.91. The minimum Gasteiger partial charge on any atom is -0.326 e. The molecule has 0 aliphatic carbocycles. The molecular formula is C8H16N4. The van der Waals surface area contributed by atoms with E-state index in [1.807, 2.05) is 25.5 Å². The van der Waals surface area contributed by atoms with Gasteiger partial charge in [-0.05, 0) is 20.3 Å². The number of aromatic nitrogens is 3. The van der Waals surface area contributed by atoms with Gasteiger partial charge in [0.1, 0.15) is 12.2 Å². The number of nitrogens with two attached hydrogens (primary N) is 1. The molecule has 0 saturated carbocycles. The van der Waals surface area contributed by atoms with E-state index < -0.39 is 0 Å². The molecule has 0 unspecified atom stereocenters. The fourth-order valence-corrected chi connectivity index (χ4v) is 0.967. The van der Waals surface area contributed by atoms with Gasteiger partial charge in [0.2, 0.25) is 0 Å². The summed E-state index contributed by atoms with van der Waals surface area (Å²) >= 11 is 0. The summed E-state index contributed by atoms with van der Waals surface area (Å²) < 4.78 is 1.92. The first-order valence-corrected chi connectivity index (χ1v) is 4.11. The lowest BCUT2D eigenvalue weighted by Gasteiger charge is -2.17. The van der Waals surface area contributed by atoms with Crippen LogP contribution in [0.3, 0.4) is 0 Å². The highest BCUT2D eigenvalue weighted by Gasteiger charge is 2.12. The minimum absolute atomic E-state index is 0.119.